The molecule has 106 valence electrons. The third kappa shape index (κ3) is 3.37. The average Bonchev–Trinajstić information content (AvgIpc) is 2.41. The first kappa shape index (κ1) is 14.5. The second-order valence-electron chi connectivity index (χ2n) is 5.50. The van der Waals surface area contributed by atoms with E-state index in [1.165, 1.54) is 18.6 Å². The predicted octanol–water partition coefficient (Wildman–Crippen LogP) is 2.09. The van der Waals surface area contributed by atoms with E-state index in [1.807, 2.05) is 0 Å². The summed E-state index contributed by atoms with van der Waals surface area (Å²) in [6, 6.07) is 4.18. The van der Waals surface area contributed by atoms with Crippen LogP contribution in [0.15, 0.2) is 18.2 Å². The van der Waals surface area contributed by atoms with Gasteiger partial charge in [-0.1, -0.05) is 25.2 Å². The first-order chi connectivity index (χ1) is 9.54. The van der Waals surface area contributed by atoms with E-state index in [9.17, 15) is 9.18 Å². The topological polar surface area (TPSA) is 49.3 Å². The molecule has 1 fully saturated rings. The van der Waals surface area contributed by atoms with Crippen molar-refractivity contribution in [2.75, 3.05) is 13.2 Å². The molecule has 4 heteroatoms. The largest absolute Gasteiger partial charge is 0.384 e. The molecule has 2 rings (SSSR count). The summed E-state index contributed by atoms with van der Waals surface area (Å²) in [5.41, 5.74) is 0.669. The maximum absolute atomic E-state index is 13.7. The Morgan fingerprint density at radius 3 is 2.80 bits per heavy atom. The van der Waals surface area contributed by atoms with Crippen molar-refractivity contribution < 1.29 is 14.3 Å². The second kappa shape index (κ2) is 6.06. The lowest BCUT2D eigenvalue weighted by Gasteiger charge is -2.38. The Balaban J connectivity index is 2.01. The Kier molecular flexibility index (Phi) is 4.41. The highest BCUT2D eigenvalue weighted by Gasteiger charge is 2.31. The highest BCUT2D eigenvalue weighted by Crippen LogP contribution is 2.39. The first-order valence-electron chi connectivity index (χ1n) is 6.72. The molecule has 3 nitrogen and oxygen atoms in total. The van der Waals surface area contributed by atoms with Crippen molar-refractivity contribution in [1.82, 2.24) is 5.32 Å². The summed E-state index contributed by atoms with van der Waals surface area (Å²) in [5, 5.41) is 11.4. The van der Waals surface area contributed by atoms with Crippen molar-refractivity contribution in [3.63, 3.8) is 0 Å². The Morgan fingerprint density at radius 2 is 2.25 bits per heavy atom. The van der Waals surface area contributed by atoms with Crippen LogP contribution in [0.3, 0.4) is 0 Å². The van der Waals surface area contributed by atoms with Crippen molar-refractivity contribution in [2.45, 2.75) is 26.2 Å². The summed E-state index contributed by atoms with van der Waals surface area (Å²) in [7, 11) is 0. The molecule has 0 aromatic heterocycles. The molecular weight excluding hydrogens is 257 g/mol. The molecule has 0 unspecified atom stereocenters. The number of hydrogen-bond acceptors (Lipinski definition) is 2. The summed E-state index contributed by atoms with van der Waals surface area (Å²) in [6.45, 7) is 2.45. The van der Waals surface area contributed by atoms with Crippen LogP contribution in [0.5, 0.6) is 0 Å². The van der Waals surface area contributed by atoms with Crippen LogP contribution < -0.4 is 5.32 Å². The van der Waals surface area contributed by atoms with Gasteiger partial charge in [-0.15, -0.1) is 0 Å². The Morgan fingerprint density at radius 1 is 1.50 bits per heavy atom. The lowest BCUT2D eigenvalue weighted by atomic mass is 9.70. The lowest BCUT2D eigenvalue weighted by molar-refractivity contribution is 0.0890. The van der Waals surface area contributed by atoms with Crippen molar-refractivity contribution in [1.29, 1.82) is 0 Å². The molecule has 1 aromatic rings. The van der Waals surface area contributed by atoms with Crippen molar-refractivity contribution in [2.24, 2.45) is 5.41 Å². The van der Waals surface area contributed by atoms with E-state index in [2.05, 4.69) is 24.1 Å². The second-order valence-corrected chi connectivity index (χ2v) is 5.50. The van der Waals surface area contributed by atoms with Gasteiger partial charge in [0.1, 0.15) is 12.4 Å². The van der Waals surface area contributed by atoms with E-state index in [4.69, 9.17) is 5.11 Å². The summed E-state index contributed by atoms with van der Waals surface area (Å²) in [4.78, 5) is 12.0. The predicted molar refractivity (Wildman–Crippen MR) is 74.7 cm³/mol. The molecule has 1 aromatic carbocycles. The maximum Gasteiger partial charge on any atom is 0.251 e. The molecule has 0 bridgehead atoms. The van der Waals surface area contributed by atoms with Crippen molar-refractivity contribution in [3.8, 4) is 11.8 Å². The van der Waals surface area contributed by atoms with Crippen molar-refractivity contribution >= 4 is 5.91 Å². The average molecular weight is 275 g/mol. The van der Waals surface area contributed by atoms with E-state index in [0.717, 1.165) is 12.8 Å². The molecular formula is C16H18FNO2. The Hall–Kier alpha value is -1.86. The molecule has 0 radical (unpaired) electrons. The summed E-state index contributed by atoms with van der Waals surface area (Å²) in [5.74, 6) is 4.06. The minimum atomic E-state index is -0.548. The zero-order valence-electron chi connectivity index (χ0n) is 11.5. The van der Waals surface area contributed by atoms with Crippen LogP contribution in [0, 0.1) is 23.1 Å². The number of carbonyl (C=O) groups is 1. The maximum atomic E-state index is 13.7. The van der Waals surface area contributed by atoms with Gasteiger partial charge in [-0.2, -0.15) is 0 Å². The zero-order chi connectivity index (χ0) is 14.6. The Labute approximate surface area is 118 Å². The van der Waals surface area contributed by atoms with Gasteiger partial charge in [0.05, 0.1) is 5.56 Å². The standard InChI is InChI=1S/C16H18FNO2/c1-16(7-3-8-16)11-18-15(20)13-6-5-12(4-2-9-19)14(17)10-13/h5-6,10,19H,3,7-9,11H2,1H3,(H,18,20). The molecule has 1 amide bonds. The fourth-order valence-electron chi connectivity index (χ4n) is 2.25. The summed E-state index contributed by atoms with van der Waals surface area (Å²) < 4.78 is 13.7. The number of halogens is 1. The zero-order valence-corrected chi connectivity index (χ0v) is 11.5. The van der Waals surface area contributed by atoms with E-state index in [1.54, 1.807) is 6.07 Å². The van der Waals surface area contributed by atoms with Gasteiger partial charge in [-0.25, -0.2) is 4.39 Å². The molecule has 1 aliphatic rings. The molecule has 0 spiro atoms. The number of hydrogen-bond donors (Lipinski definition) is 2. The number of amides is 1. The molecule has 0 saturated heterocycles. The Bertz CT molecular complexity index is 568. The van der Waals surface area contributed by atoms with Gasteiger partial charge in [-0.05, 0) is 36.5 Å². The summed E-state index contributed by atoms with van der Waals surface area (Å²) >= 11 is 0. The minimum Gasteiger partial charge on any atom is -0.384 e. The van der Waals surface area contributed by atoms with Gasteiger partial charge in [0.25, 0.3) is 5.91 Å². The van der Waals surface area contributed by atoms with E-state index < -0.39 is 5.82 Å². The number of aliphatic hydroxyl groups is 1. The van der Waals surface area contributed by atoms with Gasteiger partial charge in [0, 0.05) is 12.1 Å². The van der Waals surface area contributed by atoms with Gasteiger partial charge in [0.2, 0.25) is 0 Å². The minimum absolute atomic E-state index is 0.182. The van der Waals surface area contributed by atoms with E-state index in [0.29, 0.717) is 12.1 Å². The molecule has 20 heavy (non-hydrogen) atoms. The first-order valence-corrected chi connectivity index (χ1v) is 6.72. The number of rotatable bonds is 3. The van der Waals surface area contributed by atoms with Crippen LogP contribution in [0.2, 0.25) is 0 Å². The van der Waals surface area contributed by atoms with Crippen LogP contribution in [0.1, 0.15) is 42.1 Å². The van der Waals surface area contributed by atoms with Crippen LogP contribution >= 0.6 is 0 Å². The monoisotopic (exact) mass is 275 g/mol. The van der Waals surface area contributed by atoms with Crippen LogP contribution in [-0.2, 0) is 0 Å². The van der Waals surface area contributed by atoms with Gasteiger partial charge in [0.15, 0.2) is 0 Å². The van der Waals surface area contributed by atoms with Crippen LogP contribution in [0.25, 0.3) is 0 Å². The molecule has 1 saturated carbocycles. The number of nitrogens with one attached hydrogen (secondary N) is 1. The SMILES string of the molecule is CC1(CNC(=O)c2ccc(C#CCO)c(F)c2)CCC1. The molecule has 0 aliphatic heterocycles. The molecule has 1 aliphatic carbocycles. The van der Waals surface area contributed by atoms with E-state index >= 15 is 0 Å². The third-order valence-electron chi connectivity index (χ3n) is 3.77. The third-order valence-corrected chi connectivity index (χ3v) is 3.77. The molecule has 0 heterocycles. The van der Waals surface area contributed by atoms with Gasteiger partial charge < -0.3 is 10.4 Å². The lowest BCUT2D eigenvalue weighted by Crippen LogP contribution is -2.39. The van der Waals surface area contributed by atoms with Crippen molar-refractivity contribution in [3.05, 3.63) is 35.1 Å². The van der Waals surface area contributed by atoms with Gasteiger partial charge >= 0.3 is 0 Å². The van der Waals surface area contributed by atoms with Crippen LogP contribution in [0.4, 0.5) is 4.39 Å². The van der Waals surface area contributed by atoms with Gasteiger partial charge in [-0.3, -0.25) is 4.79 Å². The van der Waals surface area contributed by atoms with Crippen LogP contribution in [-0.4, -0.2) is 24.2 Å². The fraction of sp³-hybridized carbons (Fsp3) is 0.438. The summed E-state index contributed by atoms with van der Waals surface area (Å²) in [6.07, 6.45) is 3.45. The quantitative estimate of drug-likeness (QED) is 0.830. The number of carbonyl (C=O) groups excluding carboxylic acids is 1. The fourth-order valence-corrected chi connectivity index (χ4v) is 2.25. The molecule has 0 atom stereocenters. The molecule has 2 N–H and O–H groups in total. The normalized spacial score (nSPS) is 15.8. The smallest absolute Gasteiger partial charge is 0.251 e. The van der Waals surface area contributed by atoms with E-state index in [-0.39, 0.29) is 23.5 Å². The highest BCUT2D eigenvalue weighted by atomic mass is 19.1. The number of aliphatic hydroxyl groups excluding tert-OH is 1. The number of benzene rings is 1. The highest BCUT2D eigenvalue weighted by molar-refractivity contribution is 5.94.